The van der Waals surface area contributed by atoms with E-state index in [0.29, 0.717) is 5.15 Å². The van der Waals surface area contributed by atoms with Crippen LogP contribution in [0.4, 0.5) is 0 Å². The molecule has 0 aliphatic carbocycles. The fourth-order valence-electron chi connectivity index (χ4n) is 2.78. The Hall–Kier alpha value is -2.08. The number of aryl methyl sites for hydroxylation is 2. The van der Waals surface area contributed by atoms with Gasteiger partial charge in [0.05, 0.1) is 5.69 Å². The van der Waals surface area contributed by atoms with E-state index >= 15 is 0 Å². The summed E-state index contributed by atoms with van der Waals surface area (Å²) >= 11 is 5.80. The largest absolute Gasteiger partial charge is 0.356 e. The number of aliphatic imine (C=N–C) groups is 1. The lowest BCUT2D eigenvalue weighted by molar-refractivity contribution is 0.635. The van der Waals surface area contributed by atoms with E-state index in [1.54, 1.807) is 13.2 Å². The van der Waals surface area contributed by atoms with E-state index in [1.807, 2.05) is 23.9 Å². The number of nitrogens with one attached hydrogen (secondary N) is 2. The first-order valence-electron chi connectivity index (χ1n) is 8.47. The van der Waals surface area contributed by atoms with E-state index in [9.17, 15) is 0 Å². The van der Waals surface area contributed by atoms with Crippen molar-refractivity contribution in [2.24, 2.45) is 12.0 Å². The standard InChI is InChI=1S/C18H27ClN6/c1-12(10-16-13(2)24-25(5)14(16)3)23-18(20-4)21-9-8-15-6-7-17(19)22-11-15/h6-7,11-12H,8-10H2,1-5H3,(H2,20,21,23). The van der Waals surface area contributed by atoms with Crippen molar-refractivity contribution in [3.05, 3.63) is 46.0 Å². The quantitative estimate of drug-likeness (QED) is 0.470. The Kier molecular flexibility index (Phi) is 6.82. The fraction of sp³-hybridized carbons (Fsp3) is 0.500. The number of halogens is 1. The van der Waals surface area contributed by atoms with Gasteiger partial charge in [0, 0.05) is 38.6 Å². The summed E-state index contributed by atoms with van der Waals surface area (Å²) < 4.78 is 1.94. The van der Waals surface area contributed by atoms with Gasteiger partial charge in [0.25, 0.3) is 0 Å². The molecule has 0 saturated carbocycles. The lowest BCUT2D eigenvalue weighted by Gasteiger charge is -2.18. The Morgan fingerprint density at radius 1 is 1.36 bits per heavy atom. The van der Waals surface area contributed by atoms with Gasteiger partial charge in [0.15, 0.2) is 5.96 Å². The van der Waals surface area contributed by atoms with Crippen molar-refractivity contribution < 1.29 is 0 Å². The third-order valence-electron chi connectivity index (χ3n) is 4.27. The Labute approximate surface area is 154 Å². The van der Waals surface area contributed by atoms with E-state index in [-0.39, 0.29) is 6.04 Å². The molecule has 25 heavy (non-hydrogen) atoms. The van der Waals surface area contributed by atoms with Gasteiger partial charge in [-0.15, -0.1) is 0 Å². The van der Waals surface area contributed by atoms with E-state index in [1.165, 1.54) is 11.3 Å². The van der Waals surface area contributed by atoms with E-state index in [2.05, 4.69) is 46.5 Å². The highest BCUT2D eigenvalue weighted by Crippen LogP contribution is 2.14. The third-order valence-corrected chi connectivity index (χ3v) is 4.49. The first-order chi connectivity index (χ1) is 11.9. The first kappa shape index (κ1) is 19.2. The van der Waals surface area contributed by atoms with Crippen LogP contribution in [-0.4, -0.2) is 40.4 Å². The minimum absolute atomic E-state index is 0.255. The monoisotopic (exact) mass is 362 g/mol. The van der Waals surface area contributed by atoms with Crippen LogP contribution in [0.15, 0.2) is 23.3 Å². The van der Waals surface area contributed by atoms with E-state index in [0.717, 1.165) is 36.6 Å². The minimum Gasteiger partial charge on any atom is -0.356 e. The SMILES string of the molecule is CN=C(NCCc1ccc(Cl)nc1)NC(C)Cc1c(C)nn(C)c1C. The van der Waals surface area contributed by atoms with Crippen molar-refractivity contribution in [2.45, 2.75) is 39.7 Å². The molecule has 0 amide bonds. The van der Waals surface area contributed by atoms with Crippen LogP contribution < -0.4 is 10.6 Å². The molecule has 0 spiro atoms. The smallest absolute Gasteiger partial charge is 0.191 e. The maximum Gasteiger partial charge on any atom is 0.191 e. The van der Waals surface area contributed by atoms with Crippen LogP contribution in [0.2, 0.25) is 5.15 Å². The number of rotatable bonds is 6. The van der Waals surface area contributed by atoms with Crippen LogP contribution in [0.3, 0.4) is 0 Å². The lowest BCUT2D eigenvalue weighted by atomic mass is 10.1. The Morgan fingerprint density at radius 2 is 2.12 bits per heavy atom. The average Bonchev–Trinajstić information content (AvgIpc) is 2.82. The van der Waals surface area contributed by atoms with Crippen LogP contribution in [0, 0.1) is 13.8 Å². The second-order valence-electron chi connectivity index (χ2n) is 6.26. The maximum atomic E-state index is 5.80. The molecule has 1 atom stereocenters. The molecule has 2 N–H and O–H groups in total. The van der Waals surface area contributed by atoms with Gasteiger partial charge < -0.3 is 10.6 Å². The van der Waals surface area contributed by atoms with Crippen LogP contribution in [0.5, 0.6) is 0 Å². The van der Waals surface area contributed by atoms with Crippen molar-refractivity contribution in [2.75, 3.05) is 13.6 Å². The topological polar surface area (TPSA) is 67.1 Å². The van der Waals surface area contributed by atoms with Crippen molar-refractivity contribution in [3.63, 3.8) is 0 Å². The summed E-state index contributed by atoms with van der Waals surface area (Å²) in [6, 6.07) is 4.05. The minimum atomic E-state index is 0.255. The van der Waals surface area contributed by atoms with Gasteiger partial charge in [-0.25, -0.2) is 4.98 Å². The maximum absolute atomic E-state index is 5.80. The van der Waals surface area contributed by atoms with E-state index < -0.39 is 0 Å². The number of nitrogens with zero attached hydrogens (tertiary/aromatic N) is 4. The van der Waals surface area contributed by atoms with Gasteiger partial charge in [-0.1, -0.05) is 17.7 Å². The number of hydrogen-bond donors (Lipinski definition) is 2. The highest BCUT2D eigenvalue weighted by Gasteiger charge is 2.13. The van der Waals surface area contributed by atoms with Gasteiger partial charge in [0.1, 0.15) is 5.15 Å². The zero-order valence-corrected chi connectivity index (χ0v) is 16.4. The summed E-state index contributed by atoms with van der Waals surface area (Å²) in [5.74, 6) is 0.800. The van der Waals surface area contributed by atoms with Gasteiger partial charge in [-0.3, -0.25) is 9.67 Å². The first-order valence-corrected chi connectivity index (χ1v) is 8.85. The van der Waals surface area contributed by atoms with Crippen molar-refractivity contribution in [1.29, 1.82) is 0 Å². The summed E-state index contributed by atoms with van der Waals surface area (Å²) in [6.07, 6.45) is 3.57. The summed E-state index contributed by atoms with van der Waals surface area (Å²) in [5, 5.41) is 11.8. The van der Waals surface area contributed by atoms with Crippen molar-refractivity contribution >= 4 is 17.6 Å². The second kappa shape index (κ2) is 8.85. The number of aromatic nitrogens is 3. The molecule has 136 valence electrons. The zero-order chi connectivity index (χ0) is 18.4. The number of guanidine groups is 1. The molecule has 0 aromatic carbocycles. The van der Waals surface area contributed by atoms with Crippen LogP contribution >= 0.6 is 11.6 Å². The van der Waals surface area contributed by atoms with Gasteiger partial charge in [0.2, 0.25) is 0 Å². The molecule has 0 fully saturated rings. The van der Waals surface area contributed by atoms with Gasteiger partial charge >= 0.3 is 0 Å². The lowest BCUT2D eigenvalue weighted by Crippen LogP contribution is -2.43. The molecule has 2 aromatic heterocycles. The molecule has 0 aliphatic heterocycles. The molecule has 0 bridgehead atoms. The molecular formula is C18H27ClN6. The number of pyridine rings is 1. The highest BCUT2D eigenvalue weighted by molar-refractivity contribution is 6.29. The molecule has 2 aromatic rings. The van der Waals surface area contributed by atoms with Crippen LogP contribution in [0.1, 0.15) is 29.4 Å². The van der Waals surface area contributed by atoms with Crippen molar-refractivity contribution in [1.82, 2.24) is 25.4 Å². The van der Waals surface area contributed by atoms with Gasteiger partial charge in [-0.2, -0.15) is 5.10 Å². The fourth-order valence-corrected chi connectivity index (χ4v) is 2.89. The van der Waals surface area contributed by atoms with Crippen LogP contribution in [0.25, 0.3) is 0 Å². The summed E-state index contributed by atoms with van der Waals surface area (Å²) in [6.45, 7) is 7.10. The molecule has 7 heteroatoms. The van der Waals surface area contributed by atoms with Crippen LogP contribution in [-0.2, 0) is 19.9 Å². The highest BCUT2D eigenvalue weighted by atomic mass is 35.5. The predicted molar refractivity (Wildman–Crippen MR) is 103 cm³/mol. The molecule has 0 aliphatic rings. The summed E-state index contributed by atoms with van der Waals surface area (Å²) in [7, 11) is 3.77. The molecule has 2 rings (SSSR count). The van der Waals surface area contributed by atoms with Gasteiger partial charge in [-0.05, 0) is 50.8 Å². The molecule has 6 nitrogen and oxygen atoms in total. The molecule has 0 saturated heterocycles. The molecule has 1 unspecified atom stereocenters. The Balaban J connectivity index is 1.83. The molecule has 2 heterocycles. The normalized spacial score (nSPS) is 13.0. The molecule has 0 radical (unpaired) electrons. The van der Waals surface area contributed by atoms with E-state index in [4.69, 9.17) is 11.6 Å². The second-order valence-corrected chi connectivity index (χ2v) is 6.65. The number of hydrogen-bond acceptors (Lipinski definition) is 3. The van der Waals surface area contributed by atoms with Crippen molar-refractivity contribution in [3.8, 4) is 0 Å². The summed E-state index contributed by atoms with van der Waals surface area (Å²) in [4.78, 5) is 8.40. The third kappa shape index (κ3) is 5.46. The predicted octanol–water partition coefficient (Wildman–Crippen LogP) is 2.42. The average molecular weight is 363 g/mol. The molecular weight excluding hydrogens is 336 g/mol. The summed E-state index contributed by atoms with van der Waals surface area (Å²) in [5.41, 5.74) is 4.74. The Bertz CT molecular complexity index is 720. The Morgan fingerprint density at radius 3 is 2.68 bits per heavy atom. The zero-order valence-electron chi connectivity index (χ0n) is 15.6.